The predicted octanol–water partition coefficient (Wildman–Crippen LogP) is 11.7. The molecular weight excluding hydrogens is 570 g/mol. The summed E-state index contributed by atoms with van der Waals surface area (Å²) in [4.78, 5) is 14.0. The van der Waals surface area contributed by atoms with Crippen molar-refractivity contribution in [2.75, 3.05) is 25.1 Å². The van der Waals surface area contributed by atoms with Gasteiger partial charge in [0.05, 0.1) is 19.8 Å². The van der Waals surface area contributed by atoms with E-state index in [9.17, 15) is 4.79 Å². The van der Waals surface area contributed by atoms with Gasteiger partial charge in [-0.25, -0.2) is 0 Å². The molecule has 0 spiro atoms. The second kappa shape index (κ2) is 17.1. The zero-order valence-corrected chi connectivity index (χ0v) is 28.1. The summed E-state index contributed by atoms with van der Waals surface area (Å²) in [6, 6.07) is 22.7. The van der Waals surface area contributed by atoms with Crippen LogP contribution in [0.15, 0.2) is 66.7 Å². The maximum absolute atomic E-state index is 14.0. The van der Waals surface area contributed by atoms with Crippen LogP contribution in [0, 0.1) is 0 Å². The number of amides is 1. The summed E-state index contributed by atoms with van der Waals surface area (Å²) >= 11 is 0. The third kappa shape index (κ3) is 8.23. The molecule has 5 aromatic rings. The van der Waals surface area contributed by atoms with Crippen LogP contribution in [0.3, 0.4) is 0 Å². The van der Waals surface area contributed by atoms with E-state index in [-0.39, 0.29) is 5.91 Å². The minimum absolute atomic E-state index is 0.198. The highest BCUT2D eigenvalue weighted by molar-refractivity contribution is 6.26. The van der Waals surface area contributed by atoms with Crippen molar-refractivity contribution in [1.29, 1.82) is 0 Å². The van der Waals surface area contributed by atoms with E-state index in [0.29, 0.717) is 42.6 Å². The molecule has 5 rings (SSSR count). The molecule has 0 fully saturated rings. The highest BCUT2D eigenvalue weighted by Gasteiger charge is 2.20. The molecule has 0 heterocycles. The molecule has 0 aromatic heterocycles. The molecule has 5 nitrogen and oxygen atoms in total. The second-order valence-corrected chi connectivity index (χ2v) is 12.5. The number of nitrogens with one attached hydrogen (secondary N) is 1. The summed E-state index contributed by atoms with van der Waals surface area (Å²) in [6.07, 6.45) is 13.3. The number of ether oxygens (including phenoxy) is 3. The van der Waals surface area contributed by atoms with Crippen LogP contribution < -0.4 is 19.5 Å². The molecule has 46 heavy (non-hydrogen) atoms. The van der Waals surface area contributed by atoms with Crippen LogP contribution in [0.4, 0.5) is 5.69 Å². The van der Waals surface area contributed by atoms with Crippen LogP contribution in [0.1, 0.15) is 108 Å². The second-order valence-electron chi connectivity index (χ2n) is 12.5. The molecule has 5 aromatic carbocycles. The average Bonchev–Trinajstić information content (AvgIpc) is 3.08. The van der Waals surface area contributed by atoms with Crippen molar-refractivity contribution < 1.29 is 19.0 Å². The predicted molar refractivity (Wildman–Crippen MR) is 193 cm³/mol. The lowest BCUT2D eigenvalue weighted by Crippen LogP contribution is -2.14. The Kier molecular flexibility index (Phi) is 12.4. The Balaban J connectivity index is 1.45. The normalized spacial score (nSPS) is 11.5. The third-order valence-corrected chi connectivity index (χ3v) is 8.82. The van der Waals surface area contributed by atoms with Crippen molar-refractivity contribution >= 4 is 43.9 Å². The fourth-order valence-corrected chi connectivity index (χ4v) is 6.23. The summed E-state index contributed by atoms with van der Waals surface area (Å²) in [7, 11) is 0. The Labute approximate surface area is 274 Å². The molecular formula is C41H51NO4. The van der Waals surface area contributed by atoms with E-state index in [1.807, 2.05) is 18.2 Å². The van der Waals surface area contributed by atoms with Gasteiger partial charge < -0.3 is 19.5 Å². The Morgan fingerprint density at radius 2 is 1.07 bits per heavy atom. The van der Waals surface area contributed by atoms with Gasteiger partial charge in [0.15, 0.2) is 11.5 Å². The van der Waals surface area contributed by atoms with Crippen molar-refractivity contribution in [1.82, 2.24) is 0 Å². The van der Waals surface area contributed by atoms with Crippen molar-refractivity contribution in [2.45, 2.75) is 97.8 Å². The maximum atomic E-state index is 14.0. The number of anilines is 1. The standard InChI is InChI=1S/C41H51NO4/c1-4-7-10-13-25-44-36-28-33(29-37(45-26-14-11-8-5-2)40(36)46-27-15-12-9-6-3)41(43)42-35-24-22-32-20-19-30-17-16-18-31-21-23-34(35)39(32)38(30)31/h16-24,28-29H,4-15,25-27H2,1-3H3,(H,42,43). The fraction of sp³-hybridized carbons (Fsp3) is 0.439. The monoisotopic (exact) mass is 621 g/mol. The molecule has 0 saturated heterocycles. The summed E-state index contributed by atoms with van der Waals surface area (Å²) in [5.41, 5.74) is 1.28. The first-order chi connectivity index (χ1) is 22.6. The third-order valence-electron chi connectivity index (χ3n) is 8.82. The highest BCUT2D eigenvalue weighted by Crippen LogP contribution is 2.41. The Morgan fingerprint density at radius 1 is 0.565 bits per heavy atom. The van der Waals surface area contributed by atoms with E-state index in [4.69, 9.17) is 14.2 Å². The smallest absolute Gasteiger partial charge is 0.255 e. The molecule has 0 unspecified atom stereocenters. The summed E-state index contributed by atoms with van der Waals surface area (Å²) in [6.45, 7) is 8.36. The lowest BCUT2D eigenvalue weighted by molar-refractivity contribution is 0.102. The largest absolute Gasteiger partial charge is 0.490 e. The first-order valence-electron chi connectivity index (χ1n) is 17.7. The van der Waals surface area contributed by atoms with Crippen LogP contribution in [-0.2, 0) is 0 Å². The lowest BCUT2D eigenvalue weighted by Gasteiger charge is -2.19. The molecule has 0 saturated carbocycles. The van der Waals surface area contributed by atoms with Crippen LogP contribution >= 0.6 is 0 Å². The number of hydrogen-bond donors (Lipinski definition) is 1. The van der Waals surface area contributed by atoms with Crippen molar-refractivity contribution in [3.8, 4) is 17.2 Å². The summed E-state index contributed by atoms with van der Waals surface area (Å²) in [5.74, 6) is 1.58. The number of hydrogen-bond acceptors (Lipinski definition) is 4. The minimum Gasteiger partial charge on any atom is -0.490 e. The van der Waals surface area contributed by atoms with E-state index >= 15 is 0 Å². The van der Waals surface area contributed by atoms with Crippen molar-refractivity contribution in [2.24, 2.45) is 0 Å². The minimum atomic E-state index is -0.198. The lowest BCUT2D eigenvalue weighted by atomic mass is 9.93. The SMILES string of the molecule is CCCCCCOc1cc(C(=O)Nc2ccc3ccc4cccc5ccc2c3c45)cc(OCCCCCC)c1OCCCCCC. The highest BCUT2D eigenvalue weighted by atomic mass is 16.5. The van der Waals surface area contributed by atoms with Gasteiger partial charge in [0.1, 0.15) is 0 Å². The summed E-state index contributed by atoms with van der Waals surface area (Å²) < 4.78 is 19.1. The van der Waals surface area contributed by atoms with Gasteiger partial charge in [0.2, 0.25) is 5.75 Å². The van der Waals surface area contributed by atoms with Crippen LogP contribution in [0.5, 0.6) is 17.2 Å². The first kappa shape index (κ1) is 33.4. The van der Waals surface area contributed by atoms with Gasteiger partial charge in [-0.3, -0.25) is 4.79 Å². The number of carbonyl (C=O) groups excluding carboxylic acids is 1. The molecule has 1 N–H and O–H groups in total. The topological polar surface area (TPSA) is 56.8 Å². The quantitative estimate of drug-likeness (QED) is 0.0694. The molecule has 0 atom stereocenters. The number of rotatable bonds is 20. The van der Waals surface area contributed by atoms with E-state index in [1.165, 1.54) is 60.1 Å². The molecule has 244 valence electrons. The van der Waals surface area contributed by atoms with Crippen LogP contribution in [0.25, 0.3) is 32.3 Å². The van der Waals surface area contributed by atoms with Gasteiger partial charge in [0, 0.05) is 16.6 Å². The van der Waals surface area contributed by atoms with Crippen LogP contribution in [-0.4, -0.2) is 25.7 Å². The van der Waals surface area contributed by atoms with E-state index in [2.05, 4.69) is 74.6 Å². The van der Waals surface area contributed by atoms with Gasteiger partial charge >= 0.3 is 0 Å². The fourth-order valence-electron chi connectivity index (χ4n) is 6.23. The molecule has 0 aliphatic heterocycles. The van der Waals surface area contributed by atoms with E-state index in [0.717, 1.165) is 55.0 Å². The molecule has 0 bridgehead atoms. The molecule has 5 heteroatoms. The Morgan fingerprint density at radius 3 is 1.63 bits per heavy atom. The molecule has 0 radical (unpaired) electrons. The Hall–Kier alpha value is -3.99. The molecule has 1 amide bonds. The molecule has 0 aliphatic carbocycles. The maximum Gasteiger partial charge on any atom is 0.255 e. The van der Waals surface area contributed by atoms with E-state index < -0.39 is 0 Å². The summed E-state index contributed by atoms with van der Waals surface area (Å²) in [5, 5.41) is 10.2. The molecule has 0 aliphatic rings. The average molecular weight is 622 g/mol. The van der Waals surface area contributed by atoms with E-state index in [1.54, 1.807) is 0 Å². The zero-order chi connectivity index (χ0) is 32.1. The van der Waals surface area contributed by atoms with Gasteiger partial charge in [-0.15, -0.1) is 0 Å². The van der Waals surface area contributed by atoms with Gasteiger partial charge in [-0.1, -0.05) is 127 Å². The zero-order valence-electron chi connectivity index (χ0n) is 28.1. The number of carbonyl (C=O) groups is 1. The van der Waals surface area contributed by atoms with Gasteiger partial charge in [-0.05, 0) is 64.4 Å². The number of benzene rings is 5. The van der Waals surface area contributed by atoms with Crippen LogP contribution in [0.2, 0.25) is 0 Å². The Bertz CT molecular complexity index is 1640. The van der Waals surface area contributed by atoms with Gasteiger partial charge in [0.25, 0.3) is 5.91 Å². The van der Waals surface area contributed by atoms with Crippen molar-refractivity contribution in [3.63, 3.8) is 0 Å². The van der Waals surface area contributed by atoms with Gasteiger partial charge in [-0.2, -0.15) is 0 Å². The van der Waals surface area contributed by atoms with Crippen molar-refractivity contribution in [3.05, 3.63) is 72.3 Å². The first-order valence-corrected chi connectivity index (χ1v) is 17.7. The number of unbranched alkanes of at least 4 members (excludes halogenated alkanes) is 9.